The Bertz CT molecular complexity index is 1030. The summed E-state index contributed by atoms with van der Waals surface area (Å²) in [6.45, 7) is 0.571. The lowest BCUT2D eigenvalue weighted by atomic mass is 9.94. The van der Waals surface area contributed by atoms with E-state index in [9.17, 15) is 19.5 Å². The SMILES string of the molecule is CSCC[C@H](NC(=O)[C@@H]1CCC[C@@H]1CNC(=O)OCC1c2ccccc2-c2ccccc21)C(=O)O. The van der Waals surface area contributed by atoms with Crippen LogP contribution in [-0.4, -0.2) is 54.3 Å². The minimum atomic E-state index is -1.02. The van der Waals surface area contributed by atoms with Gasteiger partial charge in [-0.3, -0.25) is 4.79 Å². The maximum atomic E-state index is 12.8. The molecule has 2 amide bonds. The molecule has 8 heteroatoms. The van der Waals surface area contributed by atoms with Crippen LogP contribution >= 0.6 is 11.8 Å². The van der Waals surface area contributed by atoms with Gasteiger partial charge >= 0.3 is 12.1 Å². The summed E-state index contributed by atoms with van der Waals surface area (Å²) in [5.74, 6) is -0.943. The lowest BCUT2D eigenvalue weighted by molar-refractivity contribution is -0.142. The summed E-state index contributed by atoms with van der Waals surface area (Å²) in [7, 11) is 0. The number of carbonyl (C=O) groups excluding carboxylic acids is 2. The Hall–Kier alpha value is -3.00. The Morgan fingerprint density at radius 2 is 1.71 bits per heavy atom. The minimum Gasteiger partial charge on any atom is -0.480 e. The number of carbonyl (C=O) groups is 3. The second-order valence-corrected chi connectivity index (χ2v) is 10.2. The molecule has 0 bridgehead atoms. The van der Waals surface area contributed by atoms with Gasteiger partial charge in [0.05, 0.1) is 0 Å². The zero-order valence-corrected chi connectivity index (χ0v) is 20.7. The first-order valence-corrected chi connectivity index (χ1v) is 13.5. The number of fused-ring (bicyclic) bond motifs is 3. The Balaban J connectivity index is 1.29. The molecule has 2 aliphatic rings. The molecule has 35 heavy (non-hydrogen) atoms. The van der Waals surface area contributed by atoms with Gasteiger partial charge in [-0.1, -0.05) is 55.0 Å². The lowest BCUT2D eigenvalue weighted by Gasteiger charge is -2.22. The highest BCUT2D eigenvalue weighted by atomic mass is 32.2. The van der Waals surface area contributed by atoms with Crippen molar-refractivity contribution in [1.82, 2.24) is 10.6 Å². The van der Waals surface area contributed by atoms with E-state index in [1.807, 2.05) is 30.5 Å². The van der Waals surface area contributed by atoms with Crippen molar-refractivity contribution in [2.45, 2.75) is 37.6 Å². The van der Waals surface area contributed by atoms with E-state index in [-0.39, 0.29) is 30.3 Å². The van der Waals surface area contributed by atoms with Crippen molar-refractivity contribution in [2.24, 2.45) is 11.8 Å². The van der Waals surface area contributed by atoms with E-state index in [1.54, 1.807) is 11.8 Å². The second kappa shape index (κ2) is 11.6. The van der Waals surface area contributed by atoms with Crippen LogP contribution in [0.25, 0.3) is 11.1 Å². The predicted octanol–water partition coefficient (Wildman–Crippen LogP) is 4.26. The van der Waals surface area contributed by atoms with Crippen molar-refractivity contribution in [3.63, 3.8) is 0 Å². The van der Waals surface area contributed by atoms with Crippen LogP contribution in [0.4, 0.5) is 4.79 Å². The molecule has 7 nitrogen and oxygen atoms in total. The van der Waals surface area contributed by atoms with Crippen molar-refractivity contribution >= 4 is 29.7 Å². The Morgan fingerprint density at radius 3 is 2.34 bits per heavy atom. The molecule has 0 spiro atoms. The zero-order chi connectivity index (χ0) is 24.8. The number of alkyl carbamates (subject to hydrolysis) is 1. The molecule has 0 aliphatic heterocycles. The fourth-order valence-corrected chi connectivity index (χ4v) is 5.73. The van der Waals surface area contributed by atoms with E-state index in [0.717, 1.165) is 24.0 Å². The number of carboxylic acids is 1. The average Bonchev–Trinajstić information content (AvgIpc) is 3.46. The largest absolute Gasteiger partial charge is 0.480 e. The third-order valence-corrected chi connectivity index (χ3v) is 7.72. The second-order valence-electron chi connectivity index (χ2n) is 9.18. The summed E-state index contributed by atoms with van der Waals surface area (Å²) in [5.41, 5.74) is 4.66. The summed E-state index contributed by atoms with van der Waals surface area (Å²) in [5, 5.41) is 14.9. The van der Waals surface area contributed by atoms with Crippen LogP contribution in [0.15, 0.2) is 48.5 Å². The number of hydrogen-bond acceptors (Lipinski definition) is 5. The van der Waals surface area contributed by atoms with Crippen LogP contribution in [0, 0.1) is 11.8 Å². The number of carboxylic acid groups (broad SMARTS) is 1. The number of ether oxygens (including phenoxy) is 1. The molecule has 1 fully saturated rings. The van der Waals surface area contributed by atoms with Crippen molar-refractivity contribution in [3.05, 3.63) is 59.7 Å². The third-order valence-electron chi connectivity index (χ3n) is 7.07. The summed E-state index contributed by atoms with van der Waals surface area (Å²) < 4.78 is 5.60. The van der Waals surface area contributed by atoms with E-state index < -0.39 is 18.1 Å². The number of aliphatic carboxylic acids is 1. The van der Waals surface area contributed by atoms with E-state index >= 15 is 0 Å². The third kappa shape index (κ3) is 5.81. The van der Waals surface area contributed by atoms with Crippen LogP contribution in [0.2, 0.25) is 0 Å². The van der Waals surface area contributed by atoms with Gasteiger partial charge in [0.25, 0.3) is 0 Å². The fourth-order valence-electron chi connectivity index (χ4n) is 5.26. The summed E-state index contributed by atoms with van der Waals surface area (Å²) in [4.78, 5) is 36.8. The maximum absolute atomic E-state index is 12.8. The summed E-state index contributed by atoms with van der Waals surface area (Å²) >= 11 is 1.55. The molecule has 0 saturated heterocycles. The predicted molar refractivity (Wildman–Crippen MR) is 136 cm³/mol. The van der Waals surface area contributed by atoms with E-state index in [1.165, 1.54) is 11.1 Å². The van der Waals surface area contributed by atoms with Gasteiger partial charge < -0.3 is 20.5 Å². The van der Waals surface area contributed by atoms with Gasteiger partial charge in [0.1, 0.15) is 12.6 Å². The molecule has 3 atom stereocenters. The van der Waals surface area contributed by atoms with Gasteiger partial charge in [0.15, 0.2) is 0 Å². The first-order valence-electron chi connectivity index (χ1n) is 12.1. The van der Waals surface area contributed by atoms with Gasteiger partial charge in [-0.25, -0.2) is 9.59 Å². The van der Waals surface area contributed by atoms with E-state index in [0.29, 0.717) is 25.1 Å². The van der Waals surface area contributed by atoms with Crippen molar-refractivity contribution in [1.29, 1.82) is 0 Å². The highest BCUT2D eigenvalue weighted by molar-refractivity contribution is 7.98. The number of amides is 2. The molecular weight excluding hydrogens is 464 g/mol. The molecule has 0 aromatic heterocycles. The van der Waals surface area contributed by atoms with Crippen LogP contribution < -0.4 is 10.6 Å². The molecule has 0 heterocycles. The van der Waals surface area contributed by atoms with Gasteiger partial charge in [0, 0.05) is 18.4 Å². The number of thioether (sulfide) groups is 1. The van der Waals surface area contributed by atoms with Crippen LogP contribution in [0.5, 0.6) is 0 Å². The molecule has 0 unspecified atom stereocenters. The van der Waals surface area contributed by atoms with Gasteiger partial charge in [-0.2, -0.15) is 11.8 Å². The standard InChI is InChI=1S/C27H32N2O5S/c1-35-14-13-24(26(31)32)29-25(30)18-12-6-7-17(18)15-28-27(33)34-16-23-21-10-4-2-8-19(21)20-9-3-5-11-22(20)23/h2-5,8-11,17-18,23-24H,6-7,12-16H2,1H3,(H,28,33)(H,29,30)(H,31,32)/t17-,18-,24+/m1/s1. The molecule has 0 radical (unpaired) electrons. The zero-order valence-electron chi connectivity index (χ0n) is 19.9. The monoisotopic (exact) mass is 496 g/mol. The first kappa shape index (κ1) is 25.1. The Kier molecular flexibility index (Phi) is 8.33. The molecule has 4 rings (SSSR count). The van der Waals surface area contributed by atoms with E-state index in [4.69, 9.17) is 4.74 Å². The van der Waals surface area contributed by atoms with Crippen molar-refractivity contribution in [3.8, 4) is 11.1 Å². The quantitative estimate of drug-likeness (QED) is 0.454. The van der Waals surface area contributed by atoms with Crippen molar-refractivity contribution in [2.75, 3.05) is 25.2 Å². The fraction of sp³-hybridized carbons (Fsp3) is 0.444. The average molecular weight is 497 g/mol. The number of benzene rings is 2. The molecule has 2 aromatic rings. The first-order chi connectivity index (χ1) is 17.0. The number of rotatable bonds is 10. The van der Waals surface area contributed by atoms with E-state index in [2.05, 4.69) is 34.9 Å². The highest BCUT2D eigenvalue weighted by Gasteiger charge is 2.35. The topological polar surface area (TPSA) is 105 Å². The van der Waals surface area contributed by atoms with Crippen LogP contribution in [0.1, 0.15) is 42.7 Å². The maximum Gasteiger partial charge on any atom is 0.407 e. The molecular formula is C27H32N2O5S. The highest BCUT2D eigenvalue weighted by Crippen LogP contribution is 2.44. The number of nitrogens with one attached hydrogen (secondary N) is 2. The summed E-state index contributed by atoms with van der Waals surface area (Å²) in [6.07, 6.45) is 4.17. The lowest BCUT2D eigenvalue weighted by Crippen LogP contribution is -2.46. The molecule has 2 aliphatic carbocycles. The molecule has 186 valence electrons. The molecule has 2 aromatic carbocycles. The van der Waals surface area contributed by atoms with Gasteiger partial charge in [-0.05, 0) is 59.4 Å². The van der Waals surface area contributed by atoms with Gasteiger partial charge in [-0.15, -0.1) is 0 Å². The Morgan fingerprint density at radius 1 is 1.06 bits per heavy atom. The van der Waals surface area contributed by atoms with Crippen LogP contribution in [-0.2, 0) is 14.3 Å². The van der Waals surface area contributed by atoms with Crippen molar-refractivity contribution < 1.29 is 24.2 Å². The Labute approximate surface area is 210 Å². The smallest absolute Gasteiger partial charge is 0.407 e. The van der Waals surface area contributed by atoms with Crippen LogP contribution in [0.3, 0.4) is 0 Å². The normalized spacial score (nSPS) is 19.5. The van der Waals surface area contributed by atoms with Gasteiger partial charge in [0.2, 0.25) is 5.91 Å². The summed E-state index contributed by atoms with van der Waals surface area (Å²) in [6, 6.07) is 15.5. The molecule has 1 saturated carbocycles. The number of hydrogen-bond donors (Lipinski definition) is 3. The minimum absolute atomic E-state index is 0.00704. The molecule has 3 N–H and O–H groups in total.